The van der Waals surface area contributed by atoms with Crippen molar-refractivity contribution in [2.24, 2.45) is 0 Å². The maximum Gasteiger partial charge on any atom is 0.231 e. The van der Waals surface area contributed by atoms with Crippen LogP contribution in [0.2, 0.25) is 0 Å². The molecule has 1 saturated heterocycles. The van der Waals surface area contributed by atoms with E-state index < -0.39 is 0 Å². The highest BCUT2D eigenvalue weighted by molar-refractivity contribution is 5.96. The Bertz CT molecular complexity index is 706. The summed E-state index contributed by atoms with van der Waals surface area (Å²) in [5, 5.41) is 3.11. The van der Waals surface area contributed by atoms with Gasteiger partial charge in [-0.2, -0.15) is 0 Å². The maximum atomic E-state index is 12.7. The number of anilines is 1. The molecule has 0 radical (unpaired) electrons. The minimum absolute atomic E-state index is 0.0130. The zero-order valence-corrected chi connectivity index (χ0v) is 15.0. The van der Waals surface area contributed by atoms with E-state index in [2.05, 4.69) is 16.3 Å². The first-order chi connectivity index (χ1) is 12.2. The largest absolute Gasteiger partial charge is 0.497 e. The van der Waals surface area contributed by atoms with E-state index in [-0.39, 0.29) is 11.8 Å². The average Bonchev–Trinajstić information content (AvgIpc) is 3.16. The van der Waals surface area contributed by atoms with Crippen molar-refractivity contribution in [2.45, 2.75) is 32.2 Å². The number of amides is 1. The molecule has 0 aromatic heterocycles. The number of rotatable bonds is 6. The predicted octanol–water partition coefficient (Wildman–Crippen LogP) is 4.03. The van der Waals surface area contributed by atoms with E-state index in [4.69, 9.17) is 4.74 Å². The van der Waals surface area contributed by atoms with Gasteiger partial charge in [0.25, 0.3) is 0 Å². The van der Waals surface area contributed by atoms with Gasteiger partial charge in [0.05, 0.1) is 13.0 Å². The minimum atomic E-state index is -0.217. The summed E-state index contributed by atoms with van der Waals surface area (Å²) in [6.45, 7) is 5.11. The van der Waals surface area contributed by atoms with Crippen molar-refractivity contribution in [3.05, 3.63) is 59.7 Å². The van der Waals surface area contributed by atoms with E-state index in [0.29, 0.717) is 0 Å². The Morgan fingerprint density at radius 1 is 1.12 bits per heavy atom. The third-order valence-electron chi connectivity index (χ3n) is 4.88. The molecule has 0 unspecified atom stereocenters. The fraction of sp³-hybridized carbons (Fsp3) is 0.381. The SMILES string of the molecule is COc1ccc([C@@H](C)C(=O)Nc2ccccc2CN2CCCC2)cc1. The number of nitrogens with one attached hydrogen (secondary N) is 1. The molecule has 0 bridgehead atoms. The van der Waals surface area contributed by atoms with Gasteiger partial charge in [0, 0.05) is 12.2 Å². The van der Waals surface area contributed by atoms with E-state index in [1.165, 1.54) is 18.4 Å². The average molecular weight is 338 g/mol. The summed E-state index contributed by atoms with van der Waals surface area (Å²) >= 11 is 0. The second-order valence-electron chi connectivity index (χ2n) is 6.62. The molecule has 4 heteroatoms. The Labute approximate surface area is 149 Å². The second kappa shape index (κ2) is 8.17. The van der Waals surface area contributed by atoms with E-state index in [1.54, 1.807) is 7.11 Å². The molecule has 1 atom stereocenters. The van der Waals surface area contributed by atoms with Crippen LogP contribution in [0.5, 0.6) is 5.75 Å². The molecular formula is C21H26N2O2. The summed E-state index contributed by atoms with van der Waals surface area (Å²) in [5.74, 6) is 0.595. The number of nitrogens with zero attached hydrogens (tertiary/aromatic N) is 1. The first kappa shape index (κ1) is 17.5. The van der Waals surface area contributed by atoms with Gasteiger partial charge < -0.3 is 10.1 Å². The highest BCUT2D eigenvalue weighted by atomic mass is 16.5. The van der Waals surface area contributed by atoms with E-state index in [1.807, 2.05) is 49.4 Å². The van der Waals surface area contributed by atoms with Crippen molar-refractivity contribution < 1.29 is 9.53 Å². The van der Waals surface area contributed by atoms with Gasteiger partial charge in [-0.3, -0.25) is 9.69 Å². The van der Waals surface area contributed by atoms with Gasteiger partial charge in [-0.15, -0.1) is 0 Å². The van der Waals surface area contributed by atoms with E-state index >= 15 is 0 Å². The summed E-state index contributed by atoms with van der Waals surface area (Å²) < 4.78 is 5.18. The van der Waals surface area contributed by atoms with E-state index in [0.717, 1.165) is 36.6 Å². The molecule has 1 heterocycles. The van der Waals surface area contributed by atoms with Crippen molar-refractivity contribution in [3.8, 4) is 5.75 Å². The molecule has 3 rings (SSSR count). The summed E-state index contributed by atoms with van der Waals surface area (Å²) in [5.41, 5.74) is 3.08. The monoisotopic (exact) mass is 338 g/mol. The summed E-state index contributed by atoms with van der Waals surface area (Å²) in [4.78, 5) is 15.1. The number of likely N-dealkylation sites (tertiary alicyclic amines) is 1. The molecule has 0 saturated carbocycles. The second-order valence-corrected chi connectivity index (χ2v) is 6.62. The molecule has 25 heavy (non-hydrogen) atoms. The third kappa shape index (κ3) is 4.40. The van der Waals surface area contributed by atoms with Gasteiger partial charge in [-0.1, -0.05) is 30.3 Å². The van der Waals surface area contributed by atoms with Crippen molar-refractivity contribution in [3.63, 3.8) is 0 Å². The van der Waals surface area contributed by atoms with Crippen molar-refractivity contribution in [1.82, 2.24) is 4.90 Å². The molecule has 2 aromatic rings. The van der Waals surface area contributed by atoms with E-state index in [9.17, 15) is 4.79 Å². The van der Waals surface area contributed by atoms with Gasteiger partial charge >= 0.3 is 0 Å². The Hall–Kier alpha value is -2.33. The van der Waals surface area contributed by atoms with Crippen LogP contribution in [-0.2, 0) is 11.3 Å². The van der Waals surface area contributed by atoms with Gasteiger partial charge in [0.1, 0.15) is 5.75 Å². The molecular weight excluding hydrogens is 312 g/mol. The fourth-order valence-corrected chi connectivity index (χ4v) is 3.25. The number of benzene rings is 2. The van der Waals surface area contributed by atoms with Crippen molar-refractivity contribution >= 4 is 11.6 Å². The number of methoxy groups -OCH3 is 1. The number of carbonyl (C=O) groups is 1. The zero-order valence-electron chi connectivity index (χ0n) is 15.0. The van der Waals surface area contributed by atoms with Crippen LogP contribution in [0.4, 0.5) is 5.69 Å². The third-order valence-corrected chi connectivity index (χ3v) is 4.88. The number of hydrogen-bond acceptors (Lipinski definition) is 3. The number of para-hydroxylation sites is 1. The Morgan fingerprint density at radius 2 is 1.80 bits per heavy atom. The number of ether oxygens (including phenoxy) is 1. The van der Waals surface area contributed by atoms with Crippen molar-refractivity contribution in [1.29, 1.82) is 0 Å². The van der Waals surface area contributed by atoms with Crippen LogP contribution in [0.1, 0.15) is 36.8 Å². The Morgan fingerprint density at radius 3 is 2.48 bits per heavy atom. The summed E-state index contributed by atoms with van der Waals surface area (Å²) in [6.07, 6.45) is 2.53. The van der Waals surface area contributed by atoms with Crippen LogP contribution in [-0.4, -0.2) is 31.0 Å². The molecule has 0 spiro atoms. The topological polar surface area (TPSA) is 41.6 Å². The molecule has 2 aromatic carbocycles. The smallest absolute Gasteiger partial charge is 0.231 e. The van der Waals surface area contributed by atoms with Crippen LogP contribution in [0.15, 0.2) is 48.5 Å². The maximum absolute atomic E-state index is 12.7. The molecule has 1 fully saturated rings. The van der Waals surface area contributed by atoms with Crippen LogP contribution >= 0.6 is 0 Å². The Balaban J connectivity index is 1.69. The zero-order chi connectivity index (χ0) is 17.6. The highest BCUT2D eigenvalue weighted by Crippen LogP contribution is 2.24. The number of carbonyl (C=O) groups excluding carboxylic acids is 1. The van der Waals surface area contributed by atoms with Crippen LogP contribution in [0, 0.1) is 0 Å². The van der Waals surface area contributed by atoms with Gasteiger partial charge in [0.2, 0.25) is 5.91 Å². The lowest BCUT2D eigenvalue weighted by atomic mass is 10.00. The first-order valence-corrected chi connectivity index (χ1v) is 8.92. The molecule has 4 nitrogen and oxygen atoms in total. The molecule has 1 N–H and O–H groups in total. The lowest BCUT2D eigenvalue weighted by molar-refractivity contribution is -0.117. The highest BCUT2D eigenvalue weighted by Gasteiger charge is 2.18. The summed E-state index contributed by atoms with van der Waals surface area (Å²) in [7, 11) is 1.64. The fourth-order valence-electron chi connectivity index (χ4n) is 3.25. The standard InChI is InChI=1S/C21H26N2O2/c1-16(17-9-11-19(25-2)12-10-17)21(24)22-20-8-4-3-7-18(20)15-23-13-5-6-14-23/h3-4,7-12,16H,5-6,13-15H2,1-2H3,(H,22,24)/t16-/m1/s1. The van der Waals surface area contributed by atoms with Crippen LogP contribution in [0.3, 0.4) is 0 Å². The van der Waals surface area contributed by atoms with Gasteiger partial charge in [-0.25, -0.2) is 0 Å². The first-order valence-electron chi connectivity index (χ1n) is 8.92. The van der Waals surface area contributed by atoms with Crippen molar-refractivity contribution in [2.75, 3.05) is 25.5 Å². The lowest BCUT2D eigenvalue weighted by Crippen LogP contribution is -2.22. The molecule has 1 aliphatic rings. The molecule has 1 aliphatic heterocycles. The molecule has 132 valence electrons. The predicted molar refractivity (Wildman–Crippen MR) is 101 cm³/mol. The number of hydrogen-bond donors (Lipinski definition) is 1. The quantitative estimate of drug-likeness (QED) is 0.864. The lowest BCUT2D eigenvalue weighted by Gasteiger charge is -2.19. The Kier molecular flexibility index (Phi) is 5.71. The normalized spacial score (nSPS) is 15.8. The summed E-state index contributed by atoms with van der Waals surface area (Å²) in [6, 6.07) is 15.8. The van der Waals surface area contributed by atoms with Gasteiger partial charge in [-0.05, 0) is 62.2 Å². The van der Waals surface area contributed by atoms with Crippen LogP contribution < -0.4 is 10.1 Å². The van der Waals surface area contributed by atoms with Crippen LogP contribution in [0.25, 0.3) is 0 Å². The van der Waals surface area contributed by atoms with Gasteiger partial charge in [0.15, 0.2) is 0 Å². The molecule has 1 amide bonds. The minimum Gasteiger partial charge on any atom is -0.497 e. The molecule has 0 aliphatic carbocycles.